The van der Waals surface area contributed by atoms with E-state index in [2.05, 4.69) is 29.2 Å². The summed E-state index contributed by atoms with van der Waals surface area (Å²) in [6.07, 6.45) is -1.37. The number of carbonyl (C=O) groups is 2. The highest BCUT2D eigenvalue weighted by atomic mass is 32.2. The van der Waals surface area contributed by atoms with Gasteiger partial charge in [-0.25, -0.2) is 13.2 Å². The van der Waals surface area contributed by atoms with Crippen molar-refractivity contribution in [2.45, 2.75) is 89.7 Å². The second-order valence-electron chi connectivity index (χ2n) is 12.4. The highest BCUT2D eigenvalue weighted by Crippen LogP contribution is 2.37. The normalized spacial score (nSPS) is 15.3. The van der Waals surface area contributed by atoms with Crippen LogP contribution in [0.5, 0.6) is 0 Å². The lowest BCUT2D eigenvalue weighted by atomic mass is 9.83. The van der Waals surface area contributed by atoms with Crippen molar-refractivity contribution in [3.8, 4) is 0 Å². The summed E-state index contributed by atoms with van der Waals surface area (Å²) >= 11 is 0. The Morgan fingerprint density at radius 2 is 1.58 bits per heavy atom. The number of ether oxygens (including phenoxy) is 1. The average molecular weight is 645 g/mol. The molecule has 13 heteroatoms. The molecule has 12 nitrogen and oxygen atoms in total. The van der Waals surface area contributed by atoms with Crippen LogP contribution in [-0.4, -0.2) is 68.7 Å². The molecule has 1 amide bonds. The molecule has 0 bridgehead atoms. The maximum Gasteiger partial charge on any atom is 0.410 e. The number of hydrogen-bond acceptors (Lipinski definition) is 7. The van der Waals surface area contributed by atoms with Crippen LogP contribution < -0.4 is 21.1 Å². The monoisotopic (exact) mass is 644 g/mol. The number of sulfonamides is 1. The first-order valence-electron chi connectivity index (χ1n) is 15.3. The number of nitrogens with one attached hydrogen (secondary N) is 4. The number of carbonyl (C=O) groups excluding carboxylic acids is 1. The van der Waals surface area contributed by atoms with Gasteiger partial charge in [0.2, 0.25) is 10.0 Å². The Morgan fingerprint density at radius 3 is 2.11 bits per heavy atom. The topological polar surface area (TPSA) is 187 Å². The van der Waals surface area contributed by atoms with E-state index < -0.39 is 34.2 Å². The number of carboxylic acid groups (broad SMARTS) is 1. The van der Waals surface area contributed by atoms with E-state index in [0.29, 0.717) is 48.6 Å². The van der Waals surface area contributed by atoms with E-state index in [9.17, 15) is 23.1 Å². The predicted molar refractivity (Wildman–Crippen MR) is 175 cm³/mol. The average Bonchev–Trinajstić information content (AvgIpc) is 2.95. The van der Waals surface area contributed by atoms with E-state index in [1.807, 2.05) is 33.8 Å². The molecule has 1 fully saturated rings. The maximum absolute atomic E-state index is 13.8. The highest BCUT2D eigenvalue weighted by Gasteiger charge is 2.31. The molecule has 45 heavy (non-hydrogen) atoms. The van der Waals surface area contributed by atoms with E-state index in [0.717, 1.165) is 11.1 Å². The molecule has 0 saturated carbocycles. The molecule has 1 unspecified atom stereocenters. The molecule has 1 aliphatic rings. The second-order valence-corrected chi connectivity index (χ2v) is 14.1. The van der Waals surface area contributed by atoms with E-state index >= 15 is 0 Å². The molecule has 3 rings (SSSR count). The number of carboxylic acids is 1. The zero-order valence-electron chi connectivity index (χ0n) is 27.2. The van der Waals surface area contributed by atoms with Gasteiger partial charge in [0.05, 0.1) is 4.90 Å². The van der Waals surface area contributed by atoms with Crippen molar-refractivity contribution in [1.82, 2.24) is 14.9 Å². The lowest BCUT2D eigenvalue weighted by Gasteiger charge is -2.28. The van der Waals surface area contributed by atoms with Gasteiger partial charge < -0.3 is 31.1 Å². The van der Waals surface area contributed by atoms with Crippen LogP contribution in [0.1, 0.15) is 100 Å². The number of piperazine rings is 1. The third-order valence-electron chi connectivity index (χ3n) is 7.86. The van der Waals surface area contributed by atoms with Gasteiger partial charge in [0.15, 0.2) is 5.96 Å². The standard InChI is InChI=1S/C32H48N6O6S/c1-18(2)23-10-11-27(29(20(5)6)28(23)19(3)4)45(42,43)37-26(30(39)40)17-22-8-9-24(25(16-22)36-31(33)34)21(7)44-32(41)38-14-12-35-13-15-38/h8-11,16,18-21,26,35,37H,12-15,17H2,1-7H3,(H,39,40)(H4,33,34,36)/t21?,26-/m0/s1. The van der Waals surface area contributed by atoms with E-state index in [4.69, 9.17) is 15.9 Å². The maximum atomic E-state index is 13.8. The Kier molecular flexibility index (Phi) is 12.0. The molecule has 2 aromatic rings. The molecule has 0 radical (unpaired) electrons. The molecule has 1 aliphatic heterocycles. The number of amides is 1. The van der Waals surface area contributed by atoms with Gasteiger partial charge in [0.1, 0.15) is 12.1 Å². The number of nitrogens with zero attached hydrogens (tertiary/aromatic N) is 1. The number of aliphatic carboxylic acids is 1. The number of anilines is 1. The first kappa shape index (κ1) is 35.8. The van der Waals surface area contributed by atoms with Gasteiger partial charge in [0.25, 0.3) is 0 Å². The fourth-order valence-electron chi connectivity index (χ4n) is 5.75. The summed E-state index contributed by atoms with van der Waals surface area (Å²) in [6, 6.07) is 6.80. The summed E-state index contributed by atoms with van der Waals surface area (Å²) in [5.41, 5.74) is 9.70. The minimum atomic E-state index is -4.24. The van der Waals surface area contributed by atoms with Gasteiger partial charge in [-0.3, -0.25) is 10.2 Å². The summed E-state index contributed by atoms with van der Waals surface area (Å²) < 4.78 is 35.7. The SMILES string of the molecule is CC(C)c1ccc(S(=O)(=O)N[C@@H](Cc2ccc(C(C)OC(=O)N3CCNCC3)c(NC(=N)N)c2)C(=O)O)c(C(C)C)c1C(C)C. The summed E-state index contributed by atoms with van der Waals surface area (Å²) in [4.78, 5) is 26.8. The van der Waals surface area contributed by atoms with Gasteiger partial charge in [-0.2, -0.15) is 4.72 Å². The number of hydrogen-bond donors (Lipinski definition) is 6. The quantitative estimate of drug-likeness (QED) is 0.143. The zero-order chi connectivity index (χ0) is 33.6. The Balaban J connectivity index is 1.93. The minimum absolute atomic E-state index is 0.0643. The van der Waals surface area contributed by atoms with Crippen LogP contribution in [0.3, 0.4) is 0 Å². The van der Waals surface area contributed by atoms with Crippen molar-refractivity contribution in [1.29, 1.82) is 5.41 Å². The van der Waals surface area contributed by atoms with Crippen molar-refractivity contribution in [3.05, 3.63) is 58.1 Å². The lowest BCUT2D eigenvalue weighted by Crippen LogP contribution is -2.46. The molecule has 7 N–H and O–H groups in total. The van der Waals surface area contributed by atoms with Crippen molar-refractivity contribution >= 4 is 33.7 Å². The van der Waals surface area contributed by atoms with E-state index in [-0.39, 0.29) is 35.0 Å². The second kappa shape index (κ2) is 15.1. The first-order chi connectivity index (χ1) is 21.0. The highest BCUT2D eigenvalue weighted by molar-refractivity contribution is 7.89. The van der Waals surface area contributed by atoms with E-state index in [1.165, 1.54) is 0 Å². The molecule has 1 heterocycles. The van der Waals surface area contributed by atoms with E-state index in [1.54, 1.807) is 36.1 Å². The third kappa shape index (κ3) is 8.95. The first-order valence-corrected chi connectivity index (χ1v) is 16.8. The number of nitrogens with two attached hydrogens (primary N) is 1. The lowest BCUT2D eigenvalue weighted by molar-refractivity contribution is -0.138. The minimum Gasteiger partial charge on any atom is -0.480 e. The van der Waals surface area contributed by atoms with Crippen LogP contribution in [0.25, 0.3) is 0 Å². The number of benzene rings is 2. The van der Waals surface area contributed by atoms with Gasteiger partial charge in [0, 0.05) is 37.4 Å². The van der Waals surface area contributed by atoms with Crippen LogP contribution in [0.15, 0.2) is 35.2 Å². The number of guanidine groups is 1. The summed E-state index contributed by atoms with van der Waals surface area (Å²) in [5, 5.41) is 23.8. The Morgan fingerprint density at radius 1 is 0.978 bits per heavy atom. The van der Waals surface area contributed by atoms with Gasteiger partial charge in [-0.15, -0.1) is 0 Å². The molecule has 0 spiro atoms. The van der Waals surface area contributed by atoms with Crippen LogP contribution >= 0.6 is 0 Å². The van der Waals surface area contributed by atoms with Crippen molar-refractivity contribution in [3.63, 3.8) is 0 Å². The molecule has 1 saturated heterocycles. The molecule has 2 aromatic carbocycles. The molecule has 248 valence electrons. The van der Waals surface area contributed by atoms with Crippen LogP contribution in [0, 0.1) is 5.41 Å². The third-order valence-corrected chi connectivity index (χ3v) is 9.39. The summed E-state index contributed by atoms with van der Waals surface area (Å²) in [5.74, 6) is -1.57. The van der Waals surface area contributed by atoms with Crippen LogP contribution in [0.4, 0.5) is 10.5 Å². The summed E-state index contributed by atoms with van der Waals surface area (Å²) in [6.45, 7) is 16.1. The van der Waals surface area contributed by atoms with Crippen molar-refractivity contribution < 1.29 is 27.9 Å². The Labute approximate surface area is 266 Å². The van der Waals surface area contributed by atoms with Crippen molar-refractivity contribution in [2.75, 3.05) is 31.5 Å². The smallest absolute Gasteiger partial charge is 0.410 e. The molecular weight excluding hydrogens is 596 g/mol. The molecule has 2 atom stereocenters. The van der Waals surface area contributed by atoms with Gasteiger partial charge >= 0.3 is 12.1 Å². The molecule has 0 aliphatic carbocycles. The molecular formula is C32H48N6O6S. The van der Waals surface area contributed by atoms with Crippen LogP contribution in [-0.2, 0) is 26.0 Å². The Hall–Kier alpha value is -3.68. The Bertz CT molecular complexity index is 1500. The largest absolute Gasteiger partial charge is 0.480 e. The number of rotatable bonds is 12. The summed E-state index contributed by atoms with van der Waals surface area (Å²) in [7, 11) is -4.24. The fraction of sp³-hybridized carbons (Fsp3) is 0.531. The van der Waals surface area contributed by atoms with Gasteiger partial charge in [-0.05, 0) is 65.5 Å². The fourth-order valence-corrected chi connectivity index (χ4v) is 7.32. The predicted octanol–water partition coefficient (Wildman–Crippen LogP) is 4.44. The van der Waals surface area contributed by atoms with Crippen molar-refractivity contribution in [2.24, 2.45) is 5.73 Å². The van der Waals surface area contributed by atoms with Crippen LogP contribution in [0.2, 0.25) is 0 Å². The van der Waals surface area contributed by atoms with Gasteiger partial charge in [-0.1, -0.05) is 59.7 Å². The molecule has 0 aromatic heterocycles. The zero-order valence-corrected chi connectivity index (χ0v) is 28.0.